The third-order valence-corrected chi connectivity index (χ3v) is 4.91. The van der Waals surface area contributed by atoms with E-state index in [1.54, 1.807) is 24.3 Å². The Morgan fingerprint density at radius 1 is 1.19 bits per heavy atom. The molecule has 0 aliphatic rings. The zero-order chi connectivity index (χ0) is 16.3. The first-order valence-electron chi connectivity index (χ1n) is 7.04. The van der Waals surface area contributed by atoms with Crippen LogP contribution in [0.3, 0.4) is 0 Å². The van der Waals surface area contributed by atoms with Crippen LogP contribution in [0.5, 0.6) is 0 Å². The van der Waals surface area contributed by atoms with E-state index in [2.05, 4.69) is 26.1 Å². The largest absolute Gasteiger partial charge is 0.383 e. The lowest BCUT2D eigenvalue weighted by Crippen LogP contribution is -2.33. The van der Waals surface area contributed by atoms with Gasteiger partial charge in [0.15, 0.2) is 0 Å². The van der Waals surface area contributed by atoms with Gasteiger partial charge >= 0.3 is 0 Å². The summed E-state index contributed by atoms with van der Waals surface area (Å²) in [5.41, 5.74) is 7.15. The Balaban J connectivity index is 2.64. The van der Waals surface area contributed by atoms with Crippen molar-refractivity contribution in [3.63, 3.8) is 0 Å². The molecule has 120 valence electrons. The van der Waals surface area contributed by atoms with Crippen molar-refractivity contribution < 1.29 is 8.42 Å². The van der Waals surface area contributed by atoms with Gasteiger partial charge in [-0.1, -0.05) is 20.8 Å². The van der Waals surface area contributed by atoms with E-state index in [-0.39, 0.29) is 16.4 Å². The van der Waals surface area contributed by atoms with E-state index in [4.69, 9.17) is 5.73 Å². The molecule has 1 aromatic rings. The Morgan fingerprint density at radius 2 is 1.71 bits per heavy atom. The van der Waals surface area contributed by atoms with E-state index in [9.17, 15) is 8.42 Å². The lowest BCUT2D eigenvalue weighted by molar-refractivity contribution is 0.345. The maximum Gasteiger partial charge on any atom is 0.242 e. The minimum atomic E-state index is -3.37. The number of nitrogens with zero attached hydrogens (tertiary/aromatic N) is 1. The van der Waals surface area contributed by atoms with Crippen LogP contribution in [0.4, 0.5) is 5.69 Å². The average Bonchev–Trinajstić information content (AvgIpc) is 2.34. The molecular weight excluding hydrogens is 286 g/mol. The summed E-state index contributed by atoms with van der Waals surface area (Å²) in [6.45, 7) is 7.15. The topological polar surface area (TPSA) is 75.4 Å². The third-order valence-electron chi connectivity index (χ3n) is 3.08. The van der Waals surface area contributed by atoms with Crippen molar-refractivity contribution in [3.05, 3.63) is 24.3 Å². The Morgan fingerprint density at radius 3 is 2.14 bits per heavy atom. The molecule has 0 aliphatic carbocycles. The Labute approximate surface area is 128 Å². The van der Waals surface area contributed by atoms with Crippen LogP contribution in [0.25, 0.3) is 0 Å². The summed E-state index contributed by atoms with van der Waals surface area (Å²) in [4.78, 5) is 0.289. The van der Waals surface area contributed by atoms with Gasteiger partial charge in [0.05, 0.1) is 4.90 Å². The molecule has 0 spiro atoms. The first-order chi connectivity index (χ1) is 9.52. The second-order valence-corrected chi connectivity index (χ2v) is 8.87. The first kappa shape index (κ1) is 17.9. The second kappa shape index (κ2) is 6.77. The molecule has 6 heteroatoms. The molecule has 0 aliphatic heterocycles. The molecule has 0 radical (unpaired) electrons. The fraction of sp³-hybridized carbons (Fsp3) is 0.600. The summed E-state index contributed by atoms with van der Waals surface area (Å²) in [5, 5.41) is 3.24. The second-order valence-electron chi connectivity index (χ2n) is 6.72. The minimum Gasteiger partial charge on any atom is -0.383 e. The predicted octanol–water partition coefficient (Wildman–Crippen LogP) is 2.11. The first-order valence-corrected chi connectivity index (χ1v) is 8.48. The molecule has 1 rings (SSSR count). The van der Waals surface area contributed by atoms with Gasteiger partial charge in [0.1, 0.15) is 0 Å². The summed E-state index contributed by atoms with van der Waals surface area (Å²) in [5.74, 6) is 0. The van der Waals surface area contributed by atoms with Gasteiger partial charge in [-0.25, -0.2) is 12.7 Å². The fourth-order valence-electron chi connectivity index (χ4n) is 2.06. The van der Waals surface area contributed by atoms with Gasteiger partial charge in [-0.05, 0) is 36.1 Å². The van der Waals surface area contributed by atoms with E-state index in [0.717, 1.165) is 12.1 Å². The number of benzene rings is 1. The van der Waals surface area contributed by atoms with Crippen LogP contribution in [-0.4, -0.2) is 39.4 Å². The van der Waals surface area contributed by atoms with Gasteiger partial charge in [0.25, 0.3) is 0 Å². The van der Waals surface area contributed by atoms with Crippen molar-refractivity contribution in [2.24, 2.45) is 11.1 Å². The van der Waals surface area contributed by atoms with Gasteiger partial charge in [-0.15, -0.1) is 0 Å². The van der Waals surface area contributed by atoms with Crippen LogP contribution in [0, 0.1) is 5.41 Å². The molecule has 21 heavy (non-hydrogen) atoms. The Kier molecular flexibility index (Phi) is 5.78. The number of nitrogens with two attached hydrogens (primary N) is 1. The van der Waals surface area contributed by atoms with Crippen molar-refractivity contribution in [1.82, 2.24) is 4.31 Å². The van der Waals surface area contributed by atoms with Crippen LogP contribution in [-0.2, 0) is 10.0 Å². The summed E-state index contributed by atoms with van der Waals surface area (Å²) < 4.78 is 25.1. The van der Waals surface area contributed by atoms with Gasteiger partial charge < -0.3 is 11.1 Å². The Hall–Kier alpha value is -1.11. The number of rotatable bonds is 6. The fourth-order valence-corrected chi connectivity index (χ4v) is 2.96. The highest BCUT2D eigenvalue weighted by atomic mass is 32.2. The van der Waals surface area contributed by atoms with E-state index >= 15 is 0 Å². The van der Waals surface area contributed by atoms with Crippen LogP contribution in [0.15, 0.2) is 29.2 Å². The number of anilines is 1. The molecule has 0 saturated carbocycles. The normalized spacial score (nSPS) is 14.2. The Bertz CT molecular complexity index is 545. The number of hydrogen-bond acceptors (Lipinski definition) is 4. The molecule has 3 N–H and O–H groups in total. The molecule has 0 saturated heterocycles. The number of nitrogens with one attached hydrogen (secondary N) is 1. The zero-order valence-electron chi connectivity index (χ0n) is 13.6. The third kappa shape index (κ3) is 5.65. The summed E-state index contributed by atoms with van der Waals surface area (Å²) in [6.07, 6.45) is 0.924. The zero-order valence-corrected chi connectivity index (χ0v) is 14.4. The highest BCUT2D eigenvalue weighted by Crippen LogP contribution is 2.20. The molecule has 0 fully saturated rings. The van der Waals surface area contributed by atoms with Gasteiger partial charge in [-0.3, -0.25) is 0 Å². The van der Waals surface area contributed by atoms with E-state index in [1.807, 2.05) is 0 Å². The van der Waals surface area contributed by atoms with Gasteiger partial charge in [-0.2, -0.15) is 0 Å². The predicted molar refractivity (Wildman–Crippen MR) is 87.9 cm³/mol. The van der Waals surface area contributed by atoms with Crippen LogP contribution in [0.2, 0.25) is 0 Å². The molecule has 0 heterocycles. The summed E-state index contributed by atoms with van der Waals surface area (Å²) >= 11 is 0. The summed E-state index contributed by atoms with van der Waals surface area (Å²) in [7, 11) is -0.326. The smallest absolute Gasteiger partial charge is 0.242 e. The maximum absolute atomic E-state index is 12.0. The highest BCUT2D eigenvalue weighted by molar-refractivity contribution is 7.89. The highest BCUT2D eigenvalue weighted by Gasteiger charge is 2.17. The van der Waals surface area contributed by atoms with Crippen LogP contribution in [0.1, 0.15) is 27.2 Å². The quantitative estimate of drug-likeness (QED) is 0.843. The number of hydrogen-bond donors (Lipinski definition) is 2. The monoisotopic (exact) mass is 313 g/mol. The van der Waals surface area contributed by atoms with Crippen LogP contribution >= 0.6 is 0 Å². The molecule has 1 aromatic carbocycles. The lowest BCUT2D eigenvalue weighted by atomic mass is 9.88. The van der Waals surface area contributed by atoms with Crippen molar-refractivity contribution in [2.45, 2.75) is 38.1 Å². The van der Waals surface area contributed by atoms with Gasteiger partial charge in [0, 0.05) is 32.4 Å². The molecule has 0 amide bonds. The molecule has 5 nitrogen and oxygen atoms in total. The van der Waals surface area contributed by atoms with Crippen molar-refractivity contribution in [2.75, 3.05) is 26.0 Å². The lowest BCUT2D eigenvalue weighted by Gasteiger charge is -2.23. The van der Waals surface area contributed by atoms with Crippen molar-refractivity contribution in [3.8, 4) is 0 Å². The average molecular weight is 313 g/mol. The molecule has 0 bridgehead atoms. The SMILES string of the molecule is CN(C)S(=O)(=O)c1ccc(NCC(N)CC(C)(C)C)cc1. The maximum atomic E-state index is 12.0. The molecular formula is C15H27N3O2S. The van der Waals surface area contributed by atoms with Gasteiger partial charge in [0.2, 0.25) is 10.0 Å². The van der Waals surface area contributed by atoms with E-state index < -0.39 is 10.0 Å². The summed E-state index contributed by atoms with van der Waals surface area (Å²) in [6, 6.07) is 6.80. The minimum absolute atomic E-state index is 0.0650. The van der Waals surface area contributed by atoms with Crippen molar-refractivity contribution >= 4 is 15.7 Å². The number of sulfonamides is 1. The molecule has 0 aromatic heterocycles. The standard InChI is InChI=1S/C15H27N3O2S/c1-15(2,3)10-12(16)11-17-13-6-8-14(9-7-13)21(19,20)18(4)5/h6-9,12,17H,10-11,16H2,1-5H3. The molecule has 1 atom stereocenters. The van der Waals surface area contributed by atoms with E-state index in [1.165, 1.54) is 18.4 Å². The van der Waals surface area contributed by atoms with Crippen LogP contribution < -0.4 is 11.1 Å². The van der Waals surface area contributed by atoms with E-state index in [0.29, 0.717) is 6.54 Å². The van der Waals surface area contributed by atoms with Crippen molar-refractivity contribution in [1.29, 1.82) is 0 Å². The molecule has 1 unspecified atom stereocenters.